The highest BCUT2D eigenvalue weighted by molar-refractivity contribution is 5.53. The van der Waals surface area contributed by atoms with Crippen LogP contribution in [0.5, 0.6) is 0 Å². The molecule has 0 aromatic heterocycles. The lowest BCUT2D eigenvalue weighted by atomic mass is 10.1. The summed E-state index contributed by atoms with van der Waals surface area (Å²) in [5, 5.41) is 0. The molecular weight excluding hydrogens is 205 g/mol. The molecule has 0 amide bonds. The highest BCUT2D eigenvalue weighted by Gasteiger charge is 2.10. The van der Waals surface area contributed by atoms with Gasteiger partial charge in [-0.15, -0.1) is 0 Å². The van der Waals surface area contributed by atoms with Crippen molar-refractivity contribution in [2.45, 2.75) is 6.54 Å². The van der Waals surface area contributed by atoms with E-state index < -0.39 is 0 Å². The van der Waals surface area contributed by atoms with Crippen LogP contribution in [0.25, 0.3) is 0 Å². The van der Waals surface area contributed by atoms with Gasteiger partial charge >= 0.3 is 0 Å². The first kappa shape index (κ1) is 12.9. The van der Waals surface area contributed by atoms with Crippen LogP contribution in [-0.4, -0.2) is 39.1 Å². The van der Waals surface area contributed by atoms with Crippen molar-refractivity contribution in [3.05, 3.63) is 29.6 Å². The van der Waals surface area contributed by atoms with Crippen molar-refractivity contribution in [1.82, 2.24) is 4.90 Å². The third kappa shape index (κ3) is 3.18. The molecule has 0 aliphatic rings. The second-order valence-corrected chi connectivity index (χ2v) is 4.17. The molecule has 1 rings (SSSR count). The predicted molar refractivity (Wildman–Crippen MR) is 66.1 cm³/mol. The molecule has 0 spiro atoms. The highest BCUT2D eigenvalue weighted by Crippen LogP contribution is 2.21. The lowest BCUT2D eigenvalue weighted by molar-refractivity contribution is 0.416. The van der Waals surface area contributed by atoms with Crippen molar-refractivity contribution in [3.8, 4) is 0 Å². The van der Waals surface area contributed by atoms with Gasteiger partial charge in [0.15, 0.2) is 0 Å². The molecular formula is C12H20FN3. The summed E-state index contributed by atoms with van der Waals surface area (Å²) in [6.45, 7) is 2.01. The fourth-order valence-corrected chi connectivity index (χ4v) is 1.58. The first-order valence-corrected chi connectivity index (χ1v) is 5.39. The fraction of sp³-hybridized carbons (Fsp3) is 0.500. The van der Waals surface area contributed by atoms with Gasteiger partial charge in [0, 0.05) is 37.9 Å². The van der Waals surface area contributed by atoms with E-state index in [0.717, 1.165) is 18.8 Å². The molecule has 0 radical (unpaired) electrons. The van der Waals surface area contributed by atoms with E-state index in [0.29, 0.717) is 5.56 Å². The normalized spacial score (nSPS) is 10.9. The predicted octanol–water partition coefficient (Wildman–Crippen LogP) is 1.28. The van der Waals surface area contributed by atoms with Crippen molar-refractivity contribution in [3.63, 3.8) is 0 Å². The lowest BCUT2D eigenvalue weighted by Gasteiger charge is -2.24. The van der Waals surface area contributed by atoms with E-state index in [1.54, 1.807) is 6.07 Å². The average molecular weight is 225 g/mol. The van der Waals surface area contributed by atoms with Gasteiger partial charge < -0.3 is 15.5 Å². The molecule has 0 unspecified atom stereocenters. The smallest absolute Gasteiger partial charge is 0.129 e. The molecule has 0 saturated heterocycles. The Balaban J connectivity index is 2.82. The molecule has 0 atom stereocenters. The highest BCUT2D eigenvalue weighted by atomic mass is 19.1. The molecule has 4 heteroatoms. The molecule has 1 aromatic carbocycles. The summed E-state index contributed by atoms with van der Waals surface area (Å²) in [4.78, 5) is 4.13. The van der Waals surface area contributed by atoms with E-state index in [1.807, 2.05) is 32.1 Å². The summed E-state index contributed by atoms with van der Waals surface area (Å²) >= 11 is 0. The molecule has 0 heterocycles. The molecule has 1 aromatic rings. The van der Waals surface area contributed by atoms with Gasteiger partial charge in [-0.05, 0) is 26.2 Å². The minimum Gasteiger partial charge on any atom is -0.373 e. The van der Waals surface area contributed by atoms with Crippen LogP contribution in [-0.2, 0) is 6.54 Å². The van der Waals surface area contributed by atoms with Crippen molar-refractivity contribution >= 4 is 5.69 Å². The zero-order valence-corrected chi connectivity index (χ0v) is 10.2. The van der Waals surface area contributed by atoms with Crippen LogP contribution in [0.15, 0.2) is 18.2 Å². The average Bonchev–Trinajstić information content (AvgIpc) is 2.25. The first-order valence-electron chi connectivity index (χ1n) is 5.39. The summed E-state index contributed by atoms with van der Waals surface area (Å²) in [5.41, 5.74) is 7.03. The van der Waals surface area contributed by atoms with E-state index in [-0.39, 0.29) is 12.4 Å². The maximum absolute atomic E-state index is 13.5. The fourth-order valence-electron chi connectivity index (χ4n) is 1.58. The second-order valence-electron chi connectivity index (χ2n) is 4.17. The Morgan fingerprint density at radius 3 is 2.44 bits per heavy atom. The maximum atomic E-state index is 13.5. The number of nitrogens with two attached hydrogens (primary N) is 1. The summed E-state index contributed by atoms with van der Waals surface area (Å²) in [6, 6.07) is 5.07. The number of rotatable bonds is 5. The van der Waals surface area contributed by atoms with E-state index in [9.17, 15) is 4.39 Å². The van der Waals surface area contributed by atoms with Crippen molar-refractivity contribution in [1.29, 1.82) is 0 Å². The van der Waals surface area contributed by atoms with Crippen LogP contribution in [0, 0.1) is 5.82 Å². The topological polar surface area (TPSA) is 32.5 Å². The van der Waals surface area contributed by atoms with E-state index >= 15 is 0 Å². The molecule has 0 saturated carbocycles. The lowest BCUT2D eigenvalue weighted by Crippen LogP contribution is -2.29. The van der Waals surface area contributed by atoms with E-state index in [4.69, 9.17) is 5.73 Å². The summed E-state index contributed by atoms with van der Waals surface area (Å²) in [7, 11) is 5.99. The zero-order valence-electron chi connectivity index (χ0n) is 10.2. The third-order valence-corrected chi connectivity index (χ3v) is 2.59. The number of benzene rings is 1. The quantitative estimate of drug-likeness (QED) is 0.819. The van der Waals surface area contributed by atoms with Crippen LogP contribution in [0.3, 0.4) is 0 Å². The van der Waals surface area contributed by atoms with E-state index in [2.05, 4.69) is 4.90 Å². The zero-order chi connectivity index (χ0) is 12.1. The van der Waals surface area contributed by atoms with Crippen molar-refractivity contribution in [2.75, 3.05) is 39.1 Å². The Morgan fingerprint density at radius 1 is 1.19 bits per heavy atom. The molecule has 0 aliphatic heterocycles. The molecule has 3 nitrogen and oxygen atoms in total. The number of nitrogens with zero attached hydrogens (tertiary/aromatic N) is 2. The molecule has 0 fully saturated rings. The molecule has 16 heavy (non-hydrogen) atoms. The van der Waals surface area contributed by atoms with Gasteiger partial charge in [-0.25, -0.2) is 4.39 Å². The number of likely N-dealkylation sites (N-methyl/N-ethyl adjacent to an activating group) is 2. The number of hydrogen-bond acceptors (Lipinski definition) is 3. The summed E-state index contributed by atoms with van der Waals surface area (Å²) in [6.07, 6.45) is 0. The summed E-state index contributed by atoms with van der Waals surface area (Å²) in [5.74, 6) is -0.225. The third-order valence-electron chi connectivity index (χ3n) is 2.59. The van der Waals surface area contributed by atoms with Crippen LogP contribution < -0.4 is 10.6 Å². The Hall–Kier alpha value is -1.13. The van der Waals surface area contributed by atoms with Gasteiger partial charge in [0.1, 0.15) is 5.82 Å². The van der Waals surface area contributed by atoms with Crippen LogP contribution in [0.4, 0.5) is 10.1 Å². The molecule has 0 bridgehead atoms. The largest absolute Gasteiger partial charge is 0.373 e. The molecule has 90 valence electrons. The Labute approximate surface area is 96.6 Å². The van der Waals surface area contributed by atoms with Gasteiger partial charge in [0.25, 0.3) is 0 Å². The Morgan fingerprint density at radius 2 is 1.88 bits per heavy atom. The number of halogens is 1. The Kier molecular flexibility index (Phi) is 4.71. The number of anilines is 1. The summed E-state index contributed by atoms with van der Waals surface area (Å²) < 4.78 is 13.5. The second kappa shape index (κ2) is 5.82. The van der Waals surface area contributed by atoms with Gasteiger partial charge in [0.05, 0.1) is 0 Å². The maximum Gasteiger partial charge on any atom is 0.129 e. The minimum atomic E-state index is -0.225. The van der Waals surface area contributed by atoms with Crippen LogP contribution >= 0.6 is 0 Å². The van der Waals surface area contributed by atoms with Gasteiger partial charge in [-0.2, -0.15) is 0 Å². The Bertz CT molecular complexity index is 339. The minimum absolute atomic E-state index is 0.225. The first-order chi connectivity index (χ1) is 7.56. The van der Waals surface area contributed by atoms with Crippen molar-refractivity contribution < 1.29 is 4.39 Å². The SMILES string of the molecule is CN(C)CCN(C)c1cccc(F)c1CN. The molecule has 2 N–H and O–H groups in total. The monoisotopic (exact) mass is 225 g/mol. The number of hydrogen-bond donors (Lipinski definition) is 1. The van der Waals surface area contributed by atoms with Crippen LogP contribution in [0.1, 0.15) is 5.56 Å². The standard InChI is InChI=1S/C12H20FN3/c1-15(2)7-8-16(3)12-6-4-5-11(13)10(12)9-14/h4-6H,7-9,14H2,1-3H3. The van der Waals surface area contributed by atoms with Gasteiger partial charge in [0.2, 0.25) is 0 Å². The van der Waals surface area contributed by atoms with Crippen molar-refractivity contribution in [2.24, 2.45) is 5.73 Å². The van der Waals surface area contributed by atoms with E-state index in [1.165, 1.54) is 6.07 Å². The van der Waals surface area contributed by atoms with Gasteiger partial charge in [-0.3, -0.25) is 0 Å². The van der Waals surface area contributed by atoms with Crippen LogP contribution in [0.2, 0.25) is 0 Å². The van der Waals surface area contributed by atoms with Gasteiger partial charge in [-0.1, -0.05) is 6.07 Å². The molecule has 0 aliphatic carbocycles.